The molecular weight excluding hydrogens is 324 g/mol. The summed E-state index contributed by atoms with van der Waals surface area (Å²) in [5.74, 6) is -0.638. The Morgan fingerprint density at radius 1 is 1.50 bits per heavy atom. The molecule has 1 saturated carbocycles. The Morgan fingerprint density at radius 2 is 2.30 bits per heavy atom. The summed E-state index contributed by atoms with van der Waals surface area (Å²) in [6.07, 6.45) is 5.90. The van der Waals surface area contributed by atoms with E-state index in [1.165, 1.54) is 18.9 Å². The highest BCUT2D eigenvalue weighted by Crippen LogP contribution is 2.36. The molecule has 3 rings (SSSR count). The number of carboxylic acids is 1. The van der Waals surface area contributed by atoms with Crippen molar-refractivity contribution in [1.29, 1.82) is 0 Å². The molecule has 1 heterocycles. The molecule has 1 N–H and O–H groups in total. The van der Waals surface area contributed by atoms with Gasteiger partial charge in [0.25, 0.3) is 0 Å². The number of imidazole rings is 1. The van der Waals surface area contributed by atoms with Gasteiger partial charge in [-0.15, -0.1) is 0 Å². The number of hydrogen-bond acceptors (Lipinski definition) is 3. The minimum Gasteiger partial charge on any atom is -0.486 e. The molecule has 0 unspecified atom stereocenters. The van der Waals surface area contributed by atoms with E-state index < -0.39 is 5.97 Å². The predicted molar refractivity (Wildman–Crippen MR) is 75.9 cm³/mol. The molecule has 0 radical (unpaired) electrons. The molecule has 0 amide bonds. The quantitative estimate of drug-likeness (QED) is 0.910. The molecule has 20 heavy (non-hydrogen) atoms. The van der Waals surface area contributed by atoms with Gasteiger partial charge in [0, 0.05) is 10.5 Å². The lowest BCUT2D eigenvalue weighted by molar-refractivity contribution is 0.0691. The van der Waals surface area contributed by atoms with E-state index in [0.717, 1.165) is 5.69 Å². The van der Waals surface area contributed by atoms with Gasteiger partial charge in [-0.3, -0.25) is 0 Å². The number of hydrogen-bond donors (Lipinski definition) is 1. The number of aromatic nitrogens is 2. The monoisotopic (exact) mass is 336 g/mol. The van der Waals surface area contributed by atoms with Gasteiger partial charge in [-0.2, -0.15) is 0 Å². The van der Waals surface area contributed by atoms with Gasteiger partial charge in [-0.05, 0) is 31.0 Å². The Bertz CT molecular complexity index is 650. The maximum absolute atomic E-state index is 11.2. The highest BCUT2D eigenvalue weighted by molar-refractivity contribution is 9.10. The summed E-state index contributed by atoms with van der Waals surface area (Å²) in [6, 6.07) is 5.49. The smallest absolute Gasteiger partial charge is 0.339 e. The van der Waals surface area contributed by atoms with E-state index in [-0.39, 0.29) is 5.56 Å². The number of benzene rings is 1. The van der Waals surface area contributed by atoms with Crippen molar-refractivity contribution in [3.05, 3.63) is 46.5 Å². The molecule has 0 aliphatic heterocycles. The molecule has 1 aromatic heterocycles. The maximum atomic E-state index is 11.2. The van der Waals surface area contributed by atoms with Crippen molar-refractivity contribution in [2.75, 3.05) is 0 Å². The van der Waals surface area contributed by atoms with Crippen LogP contribution < -0.4 is 4.74 Å². The predicted octanol–water partition coefficient (Wildman–Crippen LogP) is 3.26. The van der Waals surface area contributed by atoms with E-state index in [1.807, 2.05) is 0 Å². The number of carboxylic acid groups (broad SMARTS) is 1. The first-order chi connectivity index (χ1) is 9.65. The lowest BCUT2D eigenvalue weighted by atomic mass is 10.2. The Balaban J connectivity index is 1.78. The zero-order valence-electron chi connectivity index (χ0n) is 10.6. The second-order valence-corrected chi connectivity index (χ2v) is 5.67. The summed E-state index contributed by atoms with van der Waals surface area (Å²) in [5.41, 5.74) is 1.11. The minimum atomic E-state index is -1.00. The van der Waals surface area contributed by atoms with E-state index in [0.29, 0.717) is 22.9 Å². The number of ether oxygens (including phenoxy) is 1. The molecule has 1 aliphatic carbocycles. The molecule has 1 fully saturated rings. The van der Waals surface area contributed by atoms with Crippen molar-refractivity contribution in [3.63, 3.8) is 0 Å². The summed E-state index contributed by atoms with van der Waals surface area (Å²) in [5, 5.41) is 9.18. The minimum absolute atomic E-state index is 0.150. The van der Waals surface area contributed by atoms with Crippen LogP contribution in [0.3, 0.4) is 0 Å². The van der Waals surface area contributed by atoms with E-state index >= 15 is 0 Å². The van der Waals surface area contributed by atoms with Crippen LogP contribution in [0, 0.1) is 0 Å². The largest absolute Gasteiger partial charge is 0.486 e. The Morgan fingerprint density at radius 3 is 3.00 bits per heavy atom. The molecule has 0 saturated heterocycles. The van der Waals surface area contributed by atoms with Crippen LogP contribution in [0.5, 0.6) is 5.75 Å². The third kappa shape index (κ3) is 2.70. The average Bonchev–Trinajstić information content (AvgIpc) is 3.16. The highest BCUT2D eigenvalue weighted by atomic mass is 79.9. The first kappa shape index (κ1) is 13.2. The van der Waals surface area contributed by atoms with Gasteiger partial charge in [0.15, 0.2) is 0 Å². The van der Waals surface area contributed by atoms with Crippen LogP contribution in [0.1, 0.15) is 34.9 Å². The zero-order valence-corrected chi connectivity index (χ0v) is 12.2. The lowest BCUT2D eigenvalue weighted by Crippen LogP contribution is -2.06. The van der Waals surface area contributed by atoms with Gasteiger partial charge in [-0.25, -0.2) is 9.78 Å². The first-order valence-electron chi connectivity index (χ1n) is 6.31. The van der Waals surface area contributed by atoms with Crippen LogP contribution in [-0.4, -0.2) is 20.6 Å². The second kappa shape index (κ2) is 5.28. The third-order valence-corrected chi connectivity index (χ3v) is 3.73. The molecular formula is C14H13BrN2O3. The van der Waals surface area contributed by atoms with Crippen LogP contribution in [0.25, 0.3) is 0 Å². The molecule has 104 valence electrons. The van der Waals surface area contributed by atoms with Crippen molar-refractivity contribution < 1.29 is 14.6 Å². The number of aromatic carboxylic acids is 1. The summed E-state index contributed by atoms with van der Waals surface area (Å²) in [7, 11) is 0. The standard InChI is InChI=1S/C14H13BrN2O3/c15-9-1-4-13(12(5-9)14(18)19)20-7-11-6-16-8-17(11)10-2-3-10/h1,4-6,8,10H,2-3,7H2,(H,18,19). The molecule has 5 nitrogen and oxygen atoms in total. The Hall–Kier alpha value is -1.82. The van der Waals surface area contributed by atoms with E-state index in [1.54, 1.807) is 24.7 Å². The molecule has 1 aromatic carbocycles. The van der Waals surface area contributed by atoms with Crippen LogP contribution in [-0.2, 0) is 6.61 Å². The fourth-order valence-corrected chi connectivity index (χ4v) is 2.43. The van der Waals surface area contributed by atoms with Crippen LogP contribution in [0.15, 0.2) is 35.2 Å². The number of nitrogens with zero attached hydrogens (tertiary/aromatic N) is 2. The van der Waals surface area contributed by atoms with E-state index in [4.69, 9.17) is 4.74 Å². The zero-order chi connectivity index (χ0) is 14.1. The second-order valence-electron chi connectivity index (χ2n) is 4.76. The summed E-state index contributed by atoms with van der Waals surface area (Å²) in [4.78, 5) is 15.3. The van der Waals surface area contributed by atoms with Gasteiger partial charge in [0.2, 0.25) is 0 Å². The number of halogens is 1. The van der Waals surface area contributed by atoms with Crippen LogP contribution >= 0.6 is 15.9 Å². The molecule has 0 bridgehead atoms. The fourth-order valence-electron chi connectivity index (χ4n) is 2.07. The van der Waals surface area contributed by atoms with Crippen LogP contribution in [0.4, 0.5) is 0 Å². The fraction of sp³-hybridized carbons (Fsp3) is 0.286. The van der Waals surface area contributed by atoms with Crippen molar-refractivity contribution in [2.45, 2.75) is 25.5 Å². The molecule has 6 heteroatoms. The van der Waals surface area contributed by atoms with Crippen molar-refractivity contribution in [1.82, 2.24) is 9.55 Å². The van der Waals surface area contributed by atoms with Crippen molar-refractivity contribution in [2.24, 2.45) is 0 Å². The summed E-state index contributed by atoms with van der Waals surface area (Å²) in [6.45, 7) is 0.318. The van der Waals surface area contributed by atoms with Gasteiger partial charge in [-0.1, -0.05) is 15.9 Å². The SMILES string of the molecule is O=C(O)c1cc(Br)ccc1OCc1cncn1C1CC1. The average molecular weight is 337 g/mol. The number of carbonyl (C=O) groups is 1. The van der Waals surface area contributed by atoms with Gasteiger partial charge >= 0.3 is 5.97 Å². The lowest BCUT2D eigenvalue weighted by Gasteiger charge is -2.11. The Kier molecular flexibility index (Phi) is 3.48. The summed E-state index contributed by atoms with van der Waals surface area (Å²) >= 11 is 3.26. The normalized spacial score (nSPS) is 14.2. The van der Waals surface area contributed by atoms with Gasteiger partial charge < -0.3 is 14.4 Å². The highest BCUT2D eigenvalue weighted by Gasteiger charge is 2.25. The molecule has 1 aliphatic rings. The topological polar surface area (TPSA) is 64.3 Å². The van der Waals surface area contributed by atoms with Crippen molar-refractivity contribution in [3.8, 4) is 5.75 Å². The van der Waals surface area contributed by atoms with E-state index in [2.05, 4.69) is 25.5 Å². The van der Waals surface area contributed by atoms with E-state index in [9.17, 15) is 9.90 Å². The van der Waals surface area contributed by atoms with Gasteiger partial charge in [0.05, 0.1) is 18.2 Å². The Labute approximate surface area is 124 Å². The molecule has 0 spiro atoms. The maximum Gasteiger partial charge on any atom is 0.339 e. The molecule has 0 atom stereocenters. The first-order valence-corrected chi connectivity index (χ1v) is 7.11. The van der Waals surface area contributed by atoms with Gasteiger partial charge in [0.1, 0.15) is 17.9 Å². The third-order valence-electron chi connectivity index (χ3n) is 3.23. The van der Waals surface area contributed by atoms with Crippen molar-refractivity contribution >= 4 is 21.9 Å². The molecule has 2 aromatic rings. The number of rotatable bonds is 5. The summed E-state index contributed by atoms with van der Waals surface area (Å²) < 4.78 is 8.46. The van der Waals surface area contributed by atoms with Crippen LogP contribution in [0.2, 0.25) is 0 Å².